The van der Waals surface area contributed by atoms with Crippen molar-refractivity contribution < 1.29 is 4.79 Å². The van der Waals surface area contributed by atoms with E-state index in [-0.39, 0.29) is 5.91 Å². The van der Waals surface area contributed by atoms with Crippen LogP contribution in [0.3, 0.4) is 0 Å². The van der Waals surface area contributed by atoms with Gasteiger partial charge >= 0.3 is 0 Å². The van der Waals surface area contributed by atoms with E-state index < -0.39 is 0 Å². The van der Waals surface area contributed by atoms with E-state index in [4.69, 9.17) is 0 Å². The van der Waals surface area contributed by atoms with Crippen LogP contribution in [0, 0.1) is 11.8 Å². The zero-order chi connectivity index (χ0) is 13.7. The zero-order valence-electron chi connectivity index (χ0n) is 12.0. The van der Waals surface area contributed by atoms with Crippen molar-refractivity contribution in [2.75, 3.05) is 13.1 Å². The Morgan fingerprint density at radius 3 is 2.95 bits per heavy atom. The van der Waals surface area contributed by atoms with Gasteiger partial charge < -0.3 is 15.2 Å². The molecule has 1 aliphatic carbocycles. The van der Waals surface area contributed by atoms with Crippen molar-refractivity contribution in [1.29, 1.82) is 0 Å². The first kappa shape index (κ1) is 14.1. The number of carbonyl (C=O) groups is 1. The number of nitrogens with zero attached hydrogens (tertiary/aromatic N) is 1. The Morgan fingerprint density at radius 2 is 2.26 bits per heavy atom. The fourth-order valence-electron chi connectivity index (χ4n) is 2.00. The molecule has 1 saturated carbocycles. The van der Waals surface area contributed by atoms with Crippen LogP contribution in [0.1, 0.15) is 32.3 Å². The van der Waals surface area contributed by atoms with Crippen molar-refractivity contribution in [1.82, 2.24) is 15.2 Å². The predicted molar refractivity (Wildman–Crippen MR) is 76.7 cm³/mol. The molecule has 0 radical (unpaired) electrons. The van der Waals surface area contributed by atoms with Crippen molar-refractivity contribution in [2.45, 2.75) is 39.8 Å². The Kier molecular flexibility index (Phi) is 5.02. The molecule has 1 heterocycles. The quantitative estimate of drug-likeness (QED) is 0.751. The summed E-state index contributed by atoms with van der Waals surface area (Å²) in [6, 6.07) is 2.07. The van der Waals surface area contributed by atoms with Crippen LogP contribution < -0.4 is 10.6 Å². The molecule has 1 aromatic heterocycles. The summed E-state index contributed by atoms with van der Waals surface area (Å²) in [7, 11) is 0. The molecule has 1 aromatic rings. The molecule has 0 unspecified atom stereocenters. The molecule has 0 atom stereocenters. The first-order valence-electron chi connectivity index (χ1n) is 7.25. The fraction of sp³-hybridized carbons (Fsp3) is 0.667. The number of carbonyl (C=O) groups excluding carboxylic acids is 1. The molecular formula is C15H25N3O. The Balaban J connectivity index is 1.68. The molecule has 0 saturated heterocycles. The van der Waals surface area contributed by atoms with Crippen molar-refractivity contribution in [2.24, 2.45) is 11.8 Å². The van der Waals surface area contributed by atoms with Crippen LogP contribution in [0.15, 0.2) is 18.5 Å². The number of aromatic nitrogens is 1. The van der Waals surface area contributed by atoms with Crippen molar-refractivity contribution in [3.8, 4) is 0 Å². The zero-order valence-corrected chi connectivity index (χ0v) is 12.0. The second-order valence-electron chi connectivity index (χ2n) is 5.96. The Morgan fingerprint density at radius 1 is 1.47 bits per heavy atom. The normalized spacial score (nSPS) is 14.9. The van der Waals surface area contributed by atoms with Gasteiger partial charge in [0.25, 0.3) is 0 Å². The Bertz CT molecular complexity index is 407. The van der Waals surface area contributed by atoms with Crippen LogP contribution in [0.5, 0.6) is 0 Å². The third kappa shape index (κ3) is 5.47. The van der Waals surface area contributed by atoms with E-state index in [1.165, 1.54) is 18.4 Å². The molecule has 19 heavy (non-hydrogen) atoms. The van der Waals surface area contributed by atoms with Gasteiger partial charge in [0.05, 0.1) is 0 Å². The molecule has 4 heteroatoms. The SMILES string of the molecule is CC(C)CNCc1ccn(CC(=O)NCC2CC2)c1. The highest BCUT2D eigenvalue weighted by atomic mass is 16.1. The molecule has 106 valence electrons. The van der Waals surface area contributed by atoms with Crippen molar-refractivity contribution in [3.63, 3.8) is 0 Å². The first-order chi connectivity index (χ1) is 9.13. The molecule has 1 amide bonds. The van der Waals surface area contributed by atoms with Crippen LogP contribution >= 0.6 is 0 Å². The van der Waals surface area contributed by atoms with Gasteiger partial charge in [0, 0.05) is 25.5 Å². The molecule has 2 N–H and O–H groups in total. The average Bonchev–Trinajstić information content (AvgIpc) is 3.08. The van der Waals surface area contributed by atoms with Gasteiger partial charge in [0.2, 0.25) is 5.91 Å². The Labute approximate surface area is 115 Å². The van der Waals surface area contributed by atoms with Gasteiger partial charge in [-0.05, 0) is 42.9 Å². The van der Waals surface area contributed by atoms with E-state index in [0.717, 1.165) is 25.6 Å². The molecule has 2 rings (SSSR count). The summed E-state index contributed by atoms with van der Waals surface area (Å²) in [4.78, 5) is 11.7. The second kappa shape index (κ2) is 6.75. The van der Waals surface area contributed by atoms with Gasteiger partial charge in [0.15, 0.2) is 0 Å². The lowest BCUT2D eigenvalue weighted by Gasteiger charge is -2.06. The highest BCUT2D eigenvalue weighted by Crippen LogP contribution is 2.27. The van der Waals surface area contributed by atoms with Gasteiger partial charge in [-0.1, -0.05) is 13.8 Å². The number of nitrogens with one attached hydrogen (secondary N) is 2. The molecule has 1 aliphatic rings. The van der Waals surface area contributed by atoms with Crippen LogP contribution in [-0.4, -0.2) is 23.6 Å². The van der Waals surface area contributed by atoms with Crippen LogP contribution in [0.2, 0.25) is 0 Å². The van der Waals surface area contributed by atoms with Crippen LogP contribution in [0.25, 0.3) is 0 Å². The van der Waals surface area contributed by atoms with E-state index in [0.29, 0.717) is 12.5 Å². The topological polar surface area (TPSA) is 46.1 Å². The monoisotopic (exact) mass is 263 g/mol. The summed E-state index contributed by atoms with van der Waals surface area (Å²) in [5.74, 6) is 1.52. The summed E-state index contributed by atoms with van der Waals surface area (Å²) >= 11 is 0. The van der Waals surface area contributed by atoms with Crippen molar-refractivity contribution >= 4 is 5.91 Å². The standard InChI is InChI=1S/C15H25N3O/c1-12(2)7-16-8-14-5-6-18(10-14)11-15(19)17-9-13-3-4-13/h5-6,10,12-13,16H,3-4,7-9,11H2,1-2H3,(H,17,19). The van der Waals surface area contributed by atoms with Gasteiger partial charge in [-0.25, -0.2) is 0 Å². The number of amides is 1. The van der Waals surface area contributed by atoms with Gasteiger partial charge in [-0.2, -0.15) is 0 Å². The van der Waals surface area contributed by atoms with Gasteiger partial charge in [-0.3, -0.25) is 4.79 Å². The molecule has 0 spiro atoms. The van der Waals surface area contributed by atoms with E-state index in [1.807, 2.05) is 17.0 Å². The van der Waals surface area contributed by atoms with Crippen LogP contribution in [0.4, 0.5) is 0 Å². The lowest BCUT2D eigenvalue weighted by atomic mass is 10.2. The van der Waals surface area contributed by atoms with E-state index in [1.54, 1.807) is 0 Å². The highest BCUT2D eigenvalue weighted by Gasteiger charge is 2.21. The highest BCUT2D eigenvalue weighted by molar-refractivity contribution is 5.75. The number of hydrogen-bond acceptors (Lipinski definition) is 2. The minimum Gasteiger partial charge on any atom is -0.354 e. The maximum absolute atomic E-state index is 11.7. The molecule has 1 fully saturated rings. The number of rotatable bonds is 8. The summed E-state index contributed by atoms with van der Waals surface area (Å²) in [6.45, 7) is 7.56. The van der Waals surface area contributed by atoms with E-state index >= 15 is 0 Å². The molecule has 4 nitrogen and oxygen atoms in total. The first-order valence-corrected chi connectivity index (χ1v) is 7.25. The average molecular weight is 263 g/mol. The minimum absolute atomic E-state index is 0.115. The Hall–Kier alpha value is -1.29. The minimum atomic E-state index is 0.115. The summed E-state index contributed by atoms with van der Waals surface area (Å²) in [5.41, 5.74) is 1.23. The largest absolute Gasteiger partial charge is 0.354 e. The number of hydrogen-bond donors (Lipinski definition) is 2. The molecular weight excluding hydrogens is 238 g/mol. The molecule has 0 aliphatic heterocycles. The predicted octanol–water partition coefficient (Wildman–Crippen LogP) is 1.76. The lowest BCUT2D eigenvalue weighted by molar-refractivity contribution is -0.121. The smallest absolute Gasteiger partial charge is 0.239 e. The second-order valence-corrected chi connectivity index (χ2v) is 5.96. The summed E-state index contributed by atoms with van der Waals surface area (Å²) in [5, 5.41) is 6.39. The summed E-state index contributed by atoms with van der Waals surface area (Å²) in [6.07, 6.45) is 6.57. The fourth-order valence-corrected chi connectivity index (χ4v) is 2.00. The maximum Gasteiger partial charge on any atom is 0.239 e. The van der Waals surface area contributed by atoms with E-state index in [2.05, 4.69) is 30.5 Å². The van der Waals surface area contributed by atoms with E-state index in [9.17, 15) is 4.79 Å². The van der Waals surface area contributed by atoms with Crippen LogP contribution in [-0.2, 0) is 17.9 Å². The lowest BCUT2D eigenvalue weighted by Crippen LogP contribution is -2.28. The van der Waals surface area contributed by atoms with Gasteiger partial charge in [0.1, 0.15) is 6.54 Å². The third-order valence-electron chi connectivity index (χ3n) is 3.30. The maximum atomic E-state index is 11.7. The third-order valence-corrected chi connectivity index (χ3v) is 3.30. The van der Waals surface area contributed by atoms with Crippen molar-refractivity contribution in [3.05, 3.63) is 24.0 Å². The van der Waals surface area contributed by atoms with Gasteiger partial charge in [-0.15, -0.1) is 0 Å². The molecule has 0 bridgehead atoms. The summed E-state index contributed by atoms with van der Waals surface area (Å²) < 4.78 is 1.95. The molecule has 0 aromatic carbocycles.